The Kier molecular flexibility index (Phi) is 6.44. The highest BCUT2D eigenvalue weighted by Gasteiger charge is 2.35. The molecule has 1 unspecified atom stereocenters. The zero-order valence-electron chi connectivity index (χ0n) is 12.5. The number of nitrogens with zero attached hydrogens (tertiary/aromatic N) is 1. The molecule has 0 aromatic rings. The first-order valence-electron chi connectivity index (χ1n) is 7.25. The molecule has 7 nitrogen and oxygen atoms in total. The maximum absolute atomic E-state index is 12.2. The second-order valence-electron chi connectivity index (χ2n) is 5.43. The number of carbonyl (C=O) groups is 2. The number of hydrogen-bond acceptors (Lipinski definition) is 4. The summed E-state index contributed by atoms with van der Waals surface area (Å²) in [5.74, 6) is -1.12. The van der Waals surface area contributed by atoms with Gasteiger partial charge in [-0.25, -0.2) is 13.2 Å². The van der Waals surface area contributed by atoms with Gasteiger partial charge in [-0.2, -0.15) is 0 Å². The van der Waals surface area contributed by atoms with Gasteiger partial charge in [-0.15, -0.1) is 0 Å². The summed E-state index contributed by atoms with van der Waals surface area (Å²) in [4.78, 5) is 24.4. The van der Waals surface area contributed by atoms with Crippen molar-refractivity contribution in [3.05, 3.63) is 0 Å². The van der Waals surface area contributed by atoms with Crippen molar-refractivity contribution in [3.63, 3.8) is 0 Å². The molecule has 122 valence electrons. The number of rotatable bonds is 6. The molecule has 1 aliphatic rings. The summed E-state index contributed by atoms with van der Waals surface area (Å²) in [7, 11) is -3.27. The van der Waals surface area contributed by atoms with Crippen LogP contribution in [0.1, 0.15) is 33.1 Å². The summed E-state index contributed by atoms with van der Waals surface area (Å²) in [6.07, 6.45) is 1.55. The Hall–Kier alpha value is -1.31. The summed E-state index contributed by atoms with van der Waals surface area (Å²) >= 11 is 0. The van der Waals surface area contributed by atoms with E-state index in [0.717, 1.165) is 12.8 Å². The van der Waals surface area contributed by atoms with Crippen LogP contribution in [0, 0.1) is 5.92 Å². The highest BCUT2D eigenvalue weighted by Crippen LogP contribution is 2.15. The first-order valence-corrected chi connectivity index (χ1v) is 9.07. The monoisotopic (exact) mass is 320 g/mol. The van der Waals surface area contributed by atoms with E-state index in [2.05, 4.69) is 5.32 Å². The minimum absolute atomic E-state index is 0.0506. The molecule has 1 saturated heterocycles. The number of urea groups is 1. The van der Waals surface area contributed by atoms with Crippen molar-refractivity contribution in [1.29, 1.82) is 0 Å². The molecule has 1 aliphatic heterocycles. The fraction of sp³-hybridized carbons (Fsp3) is 0.846. The Morgan fingerprint density at radius 3 is 2.48 bits per heavy atom. The highest BCUT2D eigenvalue weighted by molar-refractivity contribution is 7.91. The predicted octanol–water partition coefficient (Wildman–Crippen LogP) is 0.706. The standard InChI is InChI=1S/C13H24N2O5S/c1-3-10(4-2)8-14-13(18)15-5-6-21(19,20)9-11(15)7-12(16)17/h10-11H,3-9H2,1-2H3,(H,14,18)(H,16,17). The van der Waals surface area contributed by atoms with Crippen LogP contribution >= 0.6 is 0 Å². The molecule has 8 heteroatoms. The van der Waals surface area contributed by atoms with Crippen LogP contribution in [0.3, 0.4) is 0 Å². The van der Waals surface area contributed by atoms with Gasteiger partial charge in [-0.3, -0.25) is 4.79 Å². The minimum atomic E-state index is -3.27. The summed E-state index contributed by atoms with van der Waals surface area (Å²) < 4.78 is 23.2. The molecule has 1 fully saturated rings. The molecule has 0 saturated carbocycles. The van der Waals surface area contributed by atoms with Gasteiger partial charge in [0.15, 0.2) is 9.84 Å². The van der Waals surface area contributed by atoms with Crippen LogP contribution in [0.15, 0.2) is 0 Å². The Morgan fingerprint density at radius 2 is 1.95 bits per heavy atom. The lowest BCUT2D eigenvalue weighted by Crippen LogP contribution is -2.55. The topological polar surface area (TPSA) is 104 Å². The quantitative estimate of drug-likeness (QED) is 0.750. The third-order valence-electron chi connectivity index (χ3n) is 3.90. The van der Waals surface area contributed by atoms with Gasteiger partial charge in [0.25, 0.3) is 0 Å². The fourth-order valence-corrected chi connectivity index (χ4v) is 3.96. The van der Waals surface area contributed by atoms with E-state index in [1.807, 2.05) is 13.8 Å². The molecular weight excluding hydrogens is 296 g/mol. The van der Waals surface area contributed by atoms with Crippen molar-refractivity contribution >= 4 is 21.8 Å². The molecule has 0 radical (unpaired) electrons. The third-order valence-corrected chi connectivity index (χ3v) is 5.60. The summed E-state index contributed by atoms with van der Waals surface area (Å²) in [6.45, 7) is 4.66. The highest BCUT2D eigenvalue weighted by atomic mass is 32.2. The molecular formula is C13H24N2O5S. The van der Waals surface area contributed by atoms with Gasteiger partial charge in [-0.1, -0.05) is 26.7 Å². The van der Waals surface area contributed by atoms with Gasteiger partial charge in [-0.05, 0) is 5.92 Å². The summed E-state index contributed by atoms with van der Waals surface area (Å²) in [6, 6.07) is -1.16. The van der Waals surface area contributed by atoms with E-state index in [9.17, 15) is 18.0 Å². The molecule has 2 amide bonds. The molecule has 0 aromatic carbocycles. The molecule has 0 spiro atoms. The van der Waals surface area contributed by atoms with Crippen molar-refractivity contribution in [2.24, 2.45) is 5.92 Å². The van der Waals surface area contributed by atoms with Gasteiger partial charge in [0.1, 0.15) is 0 Å². The average molecular weight is 320 g/mol. The van der Waals surface area contributed by atoms with E-state index >= 15 is 0 Å². The lowest BCUT2D eigenvalue weighted by molar-refractivity contribution is -0.138. The number of carboxylic acid groups (broad SMARTS) is 1. The molecule has 1 heterocycles. The van der Waals surface area contributed by atoms with E-state index in [0.29, 0.717) is 12.5 Å². The van der Waals surface area contributed by atoms with E-state index in [4.69, 9.17) is 5.11 Å². The first kappa shape index (κ1) is 17.7. The Labute approximate surface area is 125 Å². The zero-order valence-corrected chi connectivity index (χ0v) is 13.4. The zero-order chi connectivity index (χ0) is 16.0. The smallest absolute Gasteiger partial charge is 0.317 e. The van der Waals surface area contributed by atoms with Crippen molar-refractivity contribution in [1.82, 2.24) is 10.2 Å². The van der Waals surface area contributed by atoms with Crippen LogP contribution in [0.2, 0.25) is 0 Å². The van der Waals surface area contributed by atoms with Crippen molar-refractivity contribution in [2.45, 2.75) is 39.2 Å². The largest absolute Gasteiger partial charge is 0.481 e. The maximum Gasteiger partial charge on any atom is 0.317 e. The van der Waals surface area contributed by atoms with Crippen molar-refractivity contribution in [2.75, 3.05) is 24.6 Å². The second kappa shape index (κ2) is 7.63. The molecule has 0 aliphatic carbocycles. The Morgan fingerprint density at radius 1 is 1.33 bits per heavy atom. The van der Waals surface area contributed by atoms with Gasteiger partial charge < -0.3 is 15.3 Å². The summed E-state index contributed by atoms with van der Waals surface area (Å²) in [5.41, 5.74) is 0. The first-order chi connectivity index (χ1) is 9.79. The molecule has 0 aromatic heterocycles. The van der Waals surface area contributed by atoms with Crippen LogP contribution in [-0.4, -0.2) is 61.1 Å². The second-order valence-corrected chi connectivity index (χ2v) is 7.66. The number of nitrogens with one attached hydrogen (secondary N) is 1. The van der Waals surface area contributed by atoms with Gasteiger partial charge in [0, 0.05) is 13.1 Å². The van der Waals surface area contributed by atoms with Gasteiger partial charge in [0.2, 0.25) is 0 Å². The number of carbonyl (C=O) groups excluding carboxylic acids is 1. The molecule has 0 bridgehead atoms. The predicted molar refractivity (Wildman–Crippen MR) is 78.9 cm³/mol. The average Bonchev–Trinajstić information content (AvgIpc) is 2.38. The minimum Gasteiger partial charge on any atom is -0.481 e. The van der Waals surface area contributed by atoms with Crippen LogP contribution in [0.25, 0.3) is 0 Å². The van der Waals surface area contributed by atoms with Crippen molar-refractivity contribution < 1.29 is 23.1 Å². The van der Waals surface area contributed by atoms with E-state index in [-0.39, 0.29) is 30.5 Å². The van der Waals surface area contributed by atoms with Gasteiger partial charge in [0.05, 0.1) is 24.0 Å². The molecule has 1 rings (SSSR count). The molecule has 21 heavy (non-hydrogen) atoms. The summed E-state index contributed by atoms with van der Waals surface area (Å²) in [5, 5.41) is 11.7. The molecule has 1 atom stereocenters. The number of hydrogen-bond donors (Lipinski definition) is 2. The molecule has 2 N–H and O–H groups in total. The Bertz CT molecular complexity index is 473. The lowest BCUT2D eigenvalue weighted by atomic mass is 10.0. The van der Waals surface area contributed by atoms with E-state index < -0.39 is 21.8 Å². The number of amides is 2. The van der Waals surface area contributed by atoms with Crippen molar-refractivity contribution in [3.8, 4) is 0 Å². The lowest BCUT2D eigenvalue weighted by Gasteiger charge is -2.35. The van der Waals surface area contributed by atoms with Crippen LogP contribution in [-0.2, 0) is 14.6 Å². The number of sulfone groups is 1. The third kappa shape index (κ3) is 5.53. The maximum atomic E-state index is 12.2. The van der Waals surface area contributed by atoms with E-state index in [1.165, 1.54) is 4.90 Å². The van der Waals surface area contributed by atoms with Gasteiger partial charge >= 0.3 is 12.0 Å². The Balaban J connectivity index is 2.68. The number of aliphatic carboxylic acids is 1. The number of carboxylic acids is 1. The van der Waals surface area contributed by atoms with Crippen LogP contribution < -0.4 is 5.32 Å². The van der Waals surface area contributed by atoms with Crippen LogP contribution in [0.4, 0.5) is 4.79 Å². The van der Waals surface area contributed by atoms with Crippen LogP contribution in [0.5, 0.6) is 0 Å². The normalized spacial score (nSPS) is 21.3. The fourth-order valence-electron chi connectivity index (χ4n) is 2.44. The van der Waals surface area contributed by atoms with E-state index in [1.54, 1.807) is 0 Å². The SMILES string of the molecule is CCC(CC)CNC(=O)N1CCS(=O)(=O)CC1CC(=O)O.